The highest BCUT2D eigenvalue weighted by Gasteiger charge is 2.06. The molecular formula is C3H2N3O4S3-. The number of hydrogen-bond donors (Lipinski definition) is 2. The van der Waals surface area contributed by atoms with Crippen LogP contribution in [0.3, 0.4) is 0 Å². The lowest BCUT2D eigenvalue weighted by atomic mass is 11.2. The highest BCUT2D eigenvalue weighted by molar-refractivity contribution is 7.77. The molecule has 0 bridgehead atoms. The quantitative estimate of drug-likeness (QED) is 0.560. The number of nitrogens with one attached hydrogen (secondary N) is 2. The molecule has 7 nitrogen and oxygen atoms in total. The number of aromatic nitrogens is 2. The third kappa shape index (κ3) is 3.59. The molecular weight excluding hydrogens is 238 g/mol. The van der Waals surface area contributed by atoms with E-state index >= 15 is 0 Å². The molecule has 0 aliphatic carbocycles. The van der Waals surface area contributed by atoms with Crippen LogP contribution in [0.5, 0.6) is 5.19 Å². The van der Waals surface area contributed by atoms with Crippen molar-refractivity contribution in [2.75, 3.05) is 0 Å². The van der Waals surface area contributed by atoms with Gasteiger partial charge in [-0.1, -0.05) is 0 Å². The van der Waals surface area contributed by atoms with Gasteiger partial charge in [0, 0.05) is 11.3 Å². The first-order valence-corrected chi connectivity index (χ1v) is 5.01. The molecule has 0 aliphatic rings. The van der Waals surface area contributed by atoms with Crippen LogP contribution in [0.15, 0.2) is 0 Å². The summed E-state index contributed by atoms with van der Waals surface area (Å²) in [4.78, 5) is 10.6. The molecule has 0 fully saturated rings. The second-order valence-electron chi connectivity index (χ2n) is 1.61. The van der Waals surface area contributed by atoms with E-state index < -0.39 is 17.4 Å². The van der Waals surface area contributed by atoms with Crippen molar-refractivity contribution in [2.45, 2.75) is 0 Å². The maximum absolute atomic E-state index is 10.6. The number of rotatable bonds is 2. The second kappa shape index (κ2) is 4.41. The molecule has 0 spiro atoms. The van der Waals surface area contributed by atoms with Crippen molar-refractivity contribution >= 4 is 40.9 Å². The predicted octanol–water partition coefficient (Wildman–Crippen LogP) is 0.0832. The summed E-state index contributed by atoms with van der Waals surface area (Å²) in [6.07, 6.45) is -1.13. The monoisotopic (exact) mass is 240 g/mol. The Labute approximate surface area is 83.5 Å². The van der Waals surface area contributed by atoms with Crippen LogP contribution in [0.4, 0.5) is 4.79 Å². The standard InChI is InChI=1S/C3H3N3O4S3/c7-1(6-13(8)9)10-2-4-5-3(11)12-2/h(H,5,11)(H,6,7)(H,8,9)/p-1. The van der Waals surface area contributed by atoms with Gasteiger partial charge in [0.25, 0.3) is 0 Å². The predicted molar refractivity (Wildman–Crippen MR) is 45.4 cm³/mol. The number of aromatic amines is 1. The zero-order chi connectivity index (χ0) is 9.84. The van der Waals surface area contributed by atoms with Gasteiger partial charge in [0.1, 0.15) is 0 Å². The molecule has 1 amide bonds. The molecule has 1 aromatic rings. The number of nitrogens with zero attached hydrogens (tertiary/aromatic N) is 1. The van der Waals surface area contributed by atoms with E-state index in [2.05, 4.69) is 27.2 Å². The molecule has 0 aliphatic heterocycles. The normalized spacial score (nSPS) is 12.1. The molecule has 0 aromatic carbocycles. The SMILES string of the molecule is O=C(NS(=O)[O-])Oc1n[nH]c(=S)s1. The van der Waals surface area contributed by atoms with Gasteiger partial charge in [-0.2, -0.15) is 0 Å². The lowest BCUT2D eigenvalue weighted by molar-refractivity contribution is 0.206. The van der Waals surface area contributed by atoms with Crippen LogP contribution in [0, 0.1) is 3.95 Å². The van der Waals surface area contributed by atoms with Crippen molar-refractivity contribution in [1.29, 1.82) is 0 Å². The second-order valence-corrected chi connectivity index (χ2v) is 3.91. The van der Waals surface area contributed by atoms with Crippen molar-refractivity contribution < 1.29 is 18.3 Å². The van der Waals surface area contributed by atoms with Gasteiger partial charge >= 0.3 is 11.3 Å². The molecule has 1 unspecified atom stereocenters. The van der Waals surface area contributed by atoms with Crippen LogP contribution >= 0.6 is 23.6 Å². The highest BCUT2D eigenvalue weighted by atomic mass is 32.2. The van der Waals surface area contributed by atoms with Gasteiger partial charge in [-0.25, -0.2) is 4.79 Å². The van der Waals surface area contributed by atoms with E-state index in [-0.39, 0.29) is 5.19 Å². The summed E-state index contributed by atoms with van der Waals surface area (Å²) in [5.74, 6) is 0. The summed E-state index contributed by atoms with van der Waals surface area (Å²) in [5.41, 5.74) is 0. The van der Waals surface area contributed by atoms with E-state index in [0.717, 1.165) is 11.3 Å². The van der Waals surface area contributed by atoms with Crippen molar-refractivity contribution in [3.8, 4) is 5.19 Å². The Morgan fingerprint density at radius 3 is 3.00 bits per heavy atom. The fraction of sp³-hybridized carbons (Fsp3) is 0. The Hall–Kier alpha value is -0.840. The Morgan fingerprint density at radius 2 is 2.54 bits per heavy atom. The molecule has 1 heterocycles. The van der Waals surface area contributed by atoms with E-state index in [4.69, 9.17) is 0 Å². The molecule has 0 saturated carbocycles. The molecule has 2 N–H and O–H groups in total. The summed E-state index contributed by atoms with van der Waals surface area (Å²) in [7, 11) is 0. The van der Waals surface area contributed by atoms with Crippen LogP contribution in [0.25, 0.3) is 0 Å². The number of carbonyl (C=O) groups excluding carboxylic acids is 1. The van der Waals surface area contributed by atoms with E-state index in [9.17, 15) is 13.6 Å². The average molecular weight is 240 g/mol. The van der Waals surface area contributed by atoms with Crippen LogP contribution in [0.2, 0.25) is 0 Å². The van der Waals surface area contributed by atoms with E-state index in [1.165, 1.54) is 4.72 Å². The Balaban J connectivity index is 2.55. The summed E-state index contributed by atoms with van der Waals surface area (Å²) in [5, 5.41) is 5.77. The van der Waals surface area contributed by atoms with E-state index in [0.29, 0.717) is 3.95 Å². The molecule has 13 heavy (non-hydrogen) atoms. The zero-order valence-electron chi connectivity index (χ0n) is 5.80. The first-order chi connectivity index (χ1) is 6.08. The first kappa shape index (κ1) is 10.2. The number of hydrogen-bond acceptors (Lipinski definition) is 7. The maximum Gasteiger partial charge on any atom is 0.425 e. The van der Waals surface area contributed by atoms with Crippen LogP contribution < -0.4 is 9.46 Å². The minimum Gasteiger partial charge on any atom is -0.755 e. The summed E-state index contributed by atoms with van der Waals surface area (Å²) < 4.78 is 26.1. The third-order valence-corrected chi connectivity index (χ3v) is 2.07. The average Bonchev–Trinajstić information content (AvgIpc) is 2.33. The molecule has 72 valence electrons. The smallest absolute Gasteiger partial charge is 0.425 e. The van der Waals surface area contributed by atoms with E-state index in [1.807, 2.05) is 0 Å². The molecule has 10 heteroatoms. The molecule has 1 aromatic heterocycles. The summed E-state index contributed by atoms with van der Waals surface area (Å²) in [6, 6.07) is 0. The highest BCUT2D eigenvalue weighted by Crippen LogP contribution is 2.13. The van der Waals surface area contributed by atoms with Crippen LogP contribution in [0.1, 0.15) is 0 Å². The molecule has 1 rings (SSSR count). The lowest BCUT2D eigenvalue weighted by Gasteiger charge is -2.04. The molecule has 1 atom stereocenters. The molecule has 0 radical (unpaired) electrons. The molecule has 0 saturated heterocycles. The van der Waals surface area contributed by atoms with Gasteiger partial charge in [-0.15, -0.1) is 5.10 Å². The van der Waals surface area contributed by atoms with Gasteiger partial charge in [-0.3, -0.25) is 14.0 Å². The topological polar surface area (TPSA) is 107 Å². The maximum atomic E-state index is 10.6. The Morgan fingerprint density at radius 1 is 1.85 bits per heavy atom. The minimum absolute atomic E-state index is 0.0482. The van der Waals surface area contributed by atoms with Crippen LogP contribution in [-0.4, -0.2) is 25.1 Å². The van der Waals surface area contributed by atoms with Gasteiger partial charge in [0.05, 0.1) is 0 Å². The fourth-order valence-electron chi connectivity index (χ4n) is 0.428. The van der Waals surface area contributed by atoms with Gasteiger partial charge < -0.3 is 9.29 Å². The Bertz CT molecular complexity index is 383. The first-order valence-electron chi connectivity index (χ1n) is 2.71. The van der Waals surface area contributed by atoms with Crippen LogP contribution in [-0.2, 0) is 11.3 Å². The third-order valence-electron chi connectivity index (χ3n) is 0.765. The fourth-order valence-corrected chi connectivity index (χ4v) is 1.32. The van der Waals surface area contributed by atoms with Crippen molar-refractivity contribution in [3.63, 3.8) is 0 Å². The summed E-state index contributed by atoms with van der Waals surface area (Å²) >= 11 is 2.85. The van der Waals surface area contributed by atoms with Crippen molar-refractivity contribution in [3.05, 3.63) is 3.95 Å². The van der Waals surface area contributed by atoms with Crippen molar-refractivity contribution in [1.82, 2.24) is 14.9 Å². The van der Waals surface area contributed by atoms with E-state index in [1.54, 1.807) is 0 Å². The number of ether oxygens (including phenoxy) is 1. The number of carbonyl (C=O) groups is 1. The van der Waals surface area contributed by atoms with Gasteiger partial charge in [0.15, 0.2) is 3.95 Å². The summed E-state index contributed by atoms with van der Waals surface area (Å²) in [6.45, 7) is 0. The van der Waals surface area contributed by atoms with Gasteiger partial charge in [0.2, 0.25) is 0 Å². The number of amides is 1. The van der Waals surface area contributed by atoms with Gasteiger partial charge in [-0.05, 0) is 23.6 Å². The number of H-pyrrole nitrogens is 1. The van der Waals surface area contributed by atoms with Crippen molar-refractivity contribution in [2.24, 2.45) is 0 Å². The zero-order valence-corrected chi connectivity index (χ0v) is 8.25. The minimum atomic E-state index is -2.70. The Kier molecular flexibility index (Phi) is 3.48. The largest absolute Gasteiger partial charge is 0.755 e. The lowest BCUT2D eigenvalue weighted by Crippen LogP contribution is -2.28.